The molecule has 0 amide bonds. The number of rotatable bonds is 6. The van der Waals surface area contributed by atoms with Crippen LogP contribution in [0.3, 0.4) is 0 Å². The van der Waals surface area contributed by atoms with Gasteiger partial charge in [0.1, 0.15) is 24.4 Å². The van der Waals surface area contributed by atoms with E-state index in [0.29, 0.717) is 52.9 Å². The first-order chi connectivity index (χ1) is 15.9. The lowest BCUT2D eigenvalue weighted by Gasteiger charge is -2.31. The highest BCUT2D eigenvalue weighted by Crippen LogP contribution is 2.42. The van der Waals surface area contributed by atoms with Crippen molar-refractivity contribution in [2.45, 2.75) is 43.9 Å². The fourth-order valence-corrected chi connectivity index (χ4v) is 4.53. The van der Waals surface area contributed by atoms with Gasteiger partial charge in [-0.15, -0.1) is 0 Å². The Hall–Kier alpha value is -3.05. The summed E-state index contributed by atoms with van der Waals surface area (Å²) in [5, 5.41) is 23.1. The standard InChI is InChI=1S/C21H19ClF3N7O/c22-17-16(11-4-27-31-19(11)20(18(17)25)28-9-1-8(23)2-9)13-6-32-7-14(29-15(32)5-26-13)30-21(33)10-3-12(10)24/h4-10,12,21,28,30,33H,1-3H2,(H,27,31)/t8?,9?,10-,12+,21?/m1/s1. The van der Waals surface area contributed by atoms with Crippen LogP contribution >= 0.6 is 11.6 Å². The van der Waals surface area contributed by atoms with Gasteiger partial charge in [0.05, 0.1) is 40.5 Å². The van der Waals surface area contributed by atoms with Crippen LogP contribution in [0.1, 0.15) is 19.3 Å². The summed E-state index contributed by atoms with van der Waals surface area (Å²) in [6, 6.07) is -0.173. The van der Waals surface area contributed by atoms with Crippen LogP contribution in [-0.2, 0) is 0 Å². The third kappa shape index (κ3) is 3.46. The molecule has 3 heterocycles. The summed E-state index contributed by atoms with van der Waals surface area (Å²) < 4.78 is 43.3. The van der Waals surface area contributed by atoms with Gasteiger partial charge in [-0.2, -0.15) is 5.10 Å². The normalized spacial score (nSPS) is 25.2. The van der Waals surface area contributed by atoms with Gasteiger partial charge in [0.15, 0.2) is 11.5 Å². The molecule has 8 nitrogen and oxygen atoms in total. The minimum absolute atomic E-state index is 0.133. The molecule has 2 aliphatic carbocycles. The van der Waals surface area contributed by atoms with Crippen molar-refractivity contribution in [2.75, 3.05) is 10.6 Å². The van der Waals surface area contributed by atoms with Crippen molar-refractivity contribution in [1.29, 1.82) is 0 Å². The van der Waals surface area contributed by atoms with Crippen LogP contribution in [0.4, 0.5) is 24.7 Å². The first kappa shape index (κ1) is 20.5. The number of fused-ring (bicyclic) bond motifs is 2. The van der Waals surface area contributed by atoms with Crippen LogP contribution in [0.15, 0.2) is 24.8 Å². The highest BCUT2D eigenvalue weighted by molar-refractivity contribution is 6.35. The van der Waals surface area contributed by atoms with E-state index in [2.05, 4.69) is 30.8 Å². The Morgan fingerprint density at radius 2 is 2.00 bits per heavy atom. The van der Waals surface area contributed by atoms with Crippen molar-refractivity contribution in [2.24, 2.45) is 5.92 Å². The summed E-state index contributed by atoms with van der Waals surface area (Å²) in [5.74, 6) is -0.756. The number of anilines is 2. The van der Waals surface area contributed by atoms with Gasteiger partial charge < -0.3 is 20.1 Å². The zero-order chi connectivity index (χ0) is 22.9. The van der Waals surface area contributed by atoms with E-state index < -0.39 is 30.3 Å². The topological polar surface area (TPSA) is 103 Å². The van der Waals surface area contributed by atoms with Gasteiger partial charge in [-0.25, -0.2) is 18.2 Å². The number of benzene rings is 1. The number of imidazole rings is 1. The Labute approximate surface area is 190 Å². The van der Waals surface area contributed by atoms with Crippen molar-refractivity contribution < 1.29 is 18.3 Å². The van der Waals surface area contributed by atoms with E-state index in [1.54, 1.807) is 16.8 Å². The average Bonchev–Trinajstić information content (AvgIpc) is 3.14. The summed E-state index contributed by atoms with van der Waals surface area (Å²) in [7, 11) is 0. The molecule has 12 heteroatoms. The minimum atomic E-state index is -1.03. The number of nitrogens with one attached hydrogen (secondary N) is 3. The molecule has 2 aliphatic rings. The Kier molecular flexibility index (Phi) is 4.66. The fourth-order valence-electron chi connectivity index (χ4n) is 4.23. The summed E-state index contributed by atoms with van der Waals surface area (Å²) in [6.07, 6.45) is 4.30. The quantitative estimate of drug-likeness (QED) is 0.312. The number of hydrogen-bond acceptors (Lipinski definition) is 6. The molecular weight excluding hydrogens is 459 g/mol. The second-order valence-corrected chi connectivity index (χ2v) is 8.99. The second-order valence-electron chi connectivity index (χ2n) is 8.62. The maximum Gasteiger partial charge on any atom is 0.167 e. The number of alkyl halides is 2. The van der Waals surface area contributed by atoms with Gasteiger partial charge in [0.25, 0.3) is 0 Å². The predicted molar refractivity (Wildman–Crippen MR) is 117 cm³/mol. The van der Waals surface area contributed by atoms with E-state index >= 15 is 4.39 Å². The van der Waals surface area contributed by atoms with Gasteiger partial charge in [-0.1, -0.05) is 11.6 Å². The molecule has 4 N–H and O–H groups in total. The van der Waals surface area contributed by atoms with Gasteiger partial charge in [0.2, 0.25) is 0 Å². The van der Waals surface area contributed by atoms with Crippen LogP contribution in [0, 0.1) is 11.7 Å². The number of aromatic amines is 1. The molecule has 0 bridgehead atoms. The third-order valence-corrected chi connectivity index (χ3v) is 6.63. The van der Waals surface area contributed by atoms with E-state index in [-0.39, 0.29) is 16.8 Å². The van der Waals surface area contributed by atoms with Crippen molar-refractivity contribution in [3.8, 4) is 11.3 Å². The molecule has 1 aromatic carbocycles. The SMILES string of the molecule is OC(Nc1cn2cc(-c3c(Cl)c(F)c(NC4CC(F)C4)c4[nH]ncc34)ncc2n1)[C@@H]1C[C@@H]1F. The zero-order valence-electron chi connectivity index (χ0n) is 17.1. The molecule has 2 saturated carbocycles. The Balaban J connectivity index is 1.37. The summed E-state index contributed by atoms with van der Waals surface area (Å²) >= 11 is 6.45. The molecule has 0 spiro atoms. The zero-order valence-corrected chi connectivity index (χ0v) is 17.8. The maximum atomic E-state index is 15.3. The number of aromatic nitrogens is 5. The van der Waals surface area contributed by atoms with Crippen LogP contribution in [-0.4, -0.2) is 54.3 Å². The molecule has 0 saturated heterocycles. The average molecular weight is 478 g/mol. The van der Waals surface area contributed by atoms with Crippen LogP contribution in [0.2, 0.25) is 5.02 Å². The van der Waals surface area contributed by atoms with E-state index in [4.69, 9.17) is 11.6 Å². The first-order valence-corrected chi connectivity index (χ1v) is 10.9. The van der Waals surface area contributed by atoms with E-state index in [0.717, 1.165) is 0 Å². The van der Waals surface area contributed by atoms with E-state index in [9.17, 15) is 13.9 Å². The molecule has 6 rings (SSSR count). The number of hydrogen-bond donors (Lipinski definition) is 4. The highest BCUT2D eigenvalue weighted by Gasteiger charge is 2.43. The fraction of sp³-hybridized carbons (Fsp3) is 0.381. The second kappa shape index (κ2) is 7.49. The lowest BCUT2D eigenvalue weighted by atomic mass is 9.90. The van der Waals surface area contributed by atoms with Crippen molar-refractivity contribution >= 4 is 39.7 Å². The van der Waals surface area contributed by atoms with Crippen molar-refractivity contribution in [3.05, 3.63) is 35.6 Å². The monoisotopic (exact) mass is 477 g/mol. The lowest BCUT2D eigenvalue weighted by Crippen LogP contribution is -2.36. The molecular formula is C21H19ClF3N7O. The van der Waals surface area contributed by atoms with Gasteiger partial charge >= 0.3 is 0 Å². The Bertz CT molecular complexity index is 1370. The summed E-state index contributed by atoms with van der Waals surface area (Å²) in [6.45, 7) is 0. The molecule has 3 atom stereocenters. The highest BCUT2D eigenvalue weighted by atomic mass is 35.5. The van der Waals surface area contributed by atoms with Crippen LogP contribution in [0.25, 0.3) is 27.8 Å². The van der Waals surface area contributed by atoms with E-state index in [1.165, 1.54) is 12.4 Å². The molecule has 4 aromatic rings. The van der Waals surface area contributed by atoms with Crippen molar-refractivity contribution in [1.82, 2.24) is 24.6 Å². The molecule has 33 heavy (non-hydrogen) atoms. The molecule has 0 aliphatic heterocycles. The summed E-state index contributed by atoms with van der Waals surface area (Å²) in [4.78, 5) is 8.72. The maximum absolute atomic E-state index is 15.3. The predicted octanol–water partition coefficient (Wildman–Crippen LogP) is 4.07. The minimum Gasteiger partial charge on any atom is -0.378 e. The number of H-pyrrole nitrogens is 1. The Morgan fingerprint density at radius 3 is 2.73 bits per heavy atom. The summed E-state index contributed by atoms with van der Waals surface area (Å²) in [5.41, 5.74) is 1.78. The molecule has 2 fully saturated rings. The number of aliphatic hydroxyl groups excluding tert-OH is 1. The molecule has 172 valence electrons. The first-order valence-electron chi connectivity index (χ1n) is 10.6. The van der Waals surface area contributed by atoms with Crippen LogP contribution in [0.5, 0.6) is 0 Å². The Morgan fingerprint density at radius 1 is 1.21 bits per heavy atom. The lowest BCUT2D eigenvalue weighted by molar-refractivity contribution is 0.167. The van der Waals surface area contributed by atoms with Gasteiger partial charge in [0, 0.05) is 29.1 Å². The third-order valence-electron chi connectivity index (χ3n) is 6.28. The van der Waals surface area contributed by atoms with Crippen LogP contribution < -0.4 is 10.6 Å². The number of nitrogens with zero attached hydrogens (tertiary/aromatic N) is 4. The molecule has 1 unspecified atom stereocenters. The molecule has 0 radical (unpaired) electrons. The number of aliphatic hydroxyl groups is 1. The largest absolute Gasteiger partial charge is 0.378 e. The van der Waals surface area contributed by atoms with Gasteiger partial charge in [-0.3, -0.25) is 10.1 Å². The molecule has 3 aromatic heterocycles. The van der Waals surface area contributed by atoms with Gasteiger partial charge in [-0.05, 0) is 19.3 Å². The smallest absolute Gasteiger partial charge is 0.167 e. The van der Waals surface area contributed by atoms with E-state index in [1.807, 2.05) is 0 Å². The van der Waals surface area contributed by atoms with Crippen molar-refractivity contribution in [3.63, 3.8) is 0 Å². The number of halogens is 4.